The topological polar surface area (TPSA) is 39.4 Å². The van der Waals surface area contributed by atoms with Crippen LogP contribution >= 0.6 is 15.9 Å². The molecule has 0 aliphatic carbocycles. The van der Waals surface area contributed by atoms with Gasteiger partial charge in [0.15, 0.2) is 0 Å². The summed E-state index contributed by atoms with van der Waals surface area (Å²) < 4.78 is 9.93. The Balaban J connectivity index is 2.93. The largest absolute Gasteiger partial charge is 0.465 e. The van der Waals surface area contributed by atoms with E-state index in [0.717, 1.165) is 5.33 Å². The van der Waals surface area contributed by atoms with Crippen LogP contribution in [0, 0.1) is 6.92 Å². The molecule has 0 bridgehead atoms. The fourth-order valence-electron chi connectivity index (χ4n) is 1.06. The van der Waals surface area contributed by atoms with E-state index in [2.05, 4.69) is 20.7 Å². The molecule has 0 amide bonds. The van der Waals surface area contributed by atoms with Gasteiger partial charge < -0.3 is 9.15 Å². The van der Waals surface area contributed by atoms with E-state index in [4.69, 9.17) is 4.42 Å². The van der Waals surface area contributed by atoms with Crippen molar-refractivity contribution in [2.75, 3.05) is 12.4 Å². The number of allylic oxidation sites excluding steroid dienone is 1. The average Bonchev–Trinajstić information content (AvgIpc) is 2.55. The molecule has 0 aliphatic rings. The normalized spacial score (nSPS) is 10.8. The van der Waals surface area contributed by atoms with Gasteiger partial charge in [0.2, 0.25) is 0 Å². The third-order valence-corrected chi connectivity index (χ3v) is 2.09. The standard InChI is InChI=1S/C10H11BrO3/c1-7-9(10(12)13-2)6-8(14-7)4-3-5-11/h3-4,6H,5H2,1-2H3. The minimum absolute atomic E-state index is 0.371. The first-order valence-corrected chi connectivity index (χ1v) is 5.22. The summed E-state index contributed by atoms with van der Waals surface area (Å²) in [7, 11) is 1.35. The molecule has 0 fully saturated rings. The first-order valence-electron chi connectivity index (χ1n) is 4.10. The van der Waals surface area contributed by atoms with Gasteiger partial charge in [-0.05, 0) is 19.1 Å². The predicted octanol–water partition coefficient (Wildman–Crippen LogP) is 2.78. The number of carbonyl (C=O) groups is 1. The molecule has 0 saturated heterocycles. The van der Waals surface area contributed by atoms with E-state index in [1.54, 1.807) is 19.1 Å². The molecule has 1 heterocycles. The Bertz CT molecular complexity index is 352. The summed E-state index contributed by atoms with van der Waals surface area (Å²) in [5.74, 6) is 0.859. The summed E-state index contributed by atoms with van der Waals surface area (Å²) in [4.78, 5) is 11.2. The van der Waals surface area contributed by atoms with Crippen molar-refractivity contribution < 1.29 is 13.9 Å². The number of hydrogen-bond donors (Lipinski definition) is 0. The van der Waals surface area contributed by atoms with Crippen molar-refractivity contribution in [3.05, 3.63) is 29.2 Å². The molecule has 76 valence electrons. The molecule has 3 nitrogen and oxygen atoms in total. The summed E-state index contributed by atoms with van der Waals surface area (Å²) in [5.41, 5.74) is 0.474. The van der Waals surface area contributed by atoms with E-state index in [0.29, 0.717) is 17.1 Å². The number of rotatable bonds is 3. The molecule has 4 heteroatoms. The molecule has 0 radical (unpaired) electrons. The van der Waals surface area contributed by atoms with Gasteiger partial charge in [-0.15, -0.1) is 0 Å². The zero-order valence-electron chi connectivity index (χ0n) is 8.04. The molecule has 1 rings (SSSR count). The quantitative estimate of drug-likeness (QED) is 0.619. The maximum atomic E-state index is 11.2. The van der Waals surface area contributed by atoms with E-state index >= 15 is 0 Å². The van der Waals surface area contributed by atoms with Crippen LogP contribution in [0.5, 0.6) is 0 Å². The molecule has 1 aromatic rings. The van der Waals surface area contributed by atoms with Crippen LogP contribution < -0.4 is 0 Å². The highest BCUT2D eigenvalue weighted by Crippen LogP contribution is 2.16. The van der Waals surface area contributed by atoms with Crippen molar-refractivity contribution in [3.8, 4) is 0 Å². The summed E-state index contributed by atoms with van der Waals surface area (Å²) in [5, 5.41) is 0.750. The first kappa shape index (κ1) is 11.0. The van der Waals surface area contributed by atoms with E-state index < -0.39 is 0 Å². The number of halogens is 1. The van der Waals surface area contributed by atoms with Crippen LogP contribution in [0.25, 0.3) is 6.08 Å². The second kappa shape index (κ2) is 5.00. The Morgan fingerprint density at radius 3 is 3.00 bits per heavy atom. The van der Waals surface area contributed by atoms with Gasteiger partial charge in [-0.25, -0.2) is 4.79 Å². The van der Waals surface area contributed by atoms with Crippen LogP contribution in [-0.2, 0) is 4.74 Å². The fourth-order valence-corrected chi connectivity index (χ4v) is 1.25. The number of aryl methyl sites for hydroxylation is 1. The van der Waals surface area contributed by atoms with Crippen LogP contribution in [0.3, 0.4) is 0 Å². The van der Waals surface area contributed by atoms with E-state index in [-0.39, 0.29) is 5.97 Å². The molecule has 1 aromatic heterocycles. The Labute approximate surface area is 90.9 Å². The molecular formula is C10H11BrO3. The molecule has 0 N–H and O–H groups in total. The number of methoxy groups -OCH3 is 1. The van der Waals surface area contributed by atoms with Crippen LogP contribution in [0.1, 0.15) is 21.9 Å². The Kier molecular flexibility index (Phi) is 3.95. The van der Waals surface area contributed by atoms with Crippen LogP contribution in [0.2, 0.25) is 0 Å². The number of carbonyl (C=O) groups excluding carboxylic acids is 1. The summed E-state index contributed by atoms with van der Waals surface area (Å²) in [6, 6.07) is 1.67. The highest BCUT2D eigenvalue weighted by molar-refractivity contribution is 9.09. The third kappa shape index (κ3) is 2.48. The molecule has 0 atom stereocenters. The Morgan fingerprint density at radius 1 is 1.71 bits per heavy atom. The van der Waals surface area contributed by atoms with E-state index in [1.807, 2.05) is 6.08 Å². The minimum atomic E-state index is -0.371. The number of ether oxygens (including phenoxy) is 1. The highest BCUT2D eigenvalue weighted by atomic mass is 79.9. The maximum Gasteiger partial charge on any atom is 0.341 e. The Hall–Kier alpha value is -1.03. The number of furan rings is 1. The molecule has 0 unspecified atom stereocenters. The van der Waals surface area contributed by atoms with Gasteiger partial charge in [-0.2, -0.15) is 0 Å². The summed E-state index contributed by atoms with van der Waals surface area (Å²) in [6.07, 6.45) is 3.69. The summed E-state index contributed by atoms with van der Waals surface area (Å²) in [6.45, 7) is 1.73. The van der Waals surface area contributed by atoms with Crippen molar-refractivity contribution in [2.24, 2.45) is 0 Å². The van der Waals surface area contributed by atoms with E-state index in [1.165, 1.54) is 7.11 Å². The molecule has 0 saturated carbocycles. The lowest BCUT2D eigenvalue weighted by molar-refractivity contribution is 0.0599. The maximum absolute atomic E-state index is 11.2. The zero-order chi connectivity index (χ0) is 10.6. The van der Waals surface area contributed by atoms with Crippen LogP contribution in [-0.4, -0.2) is 18.4 Å². The van der Waals surface area contributed by atoms with Gasteiger partial charge in [0.1, 0.15) is 17.1 Å². The van der Waals surface area contributed by atoms with E-state index in [9.17, 15) is 4.79 Å². The predicted molar refractivity (Wildman–Crippen MR) is 57.6 cm³/mol. The van der Waals surface area contributed by atoms with Crippen molar-refractivity contribution in [2.45, 2.75) is 6.92 Å². The van der Waals surface area contributed by atoms with Crippen molar-refractivity contribution in [3.63, 3.8) is 0 Å². The van der Waals surface area contributed by atoms with Gasteiger partial charge in [0.25, 0.3) is 0 Å². The SMILES string of the molecule is COC(=O)c1cc(C=CCBr)oc1C. The average molecular weight is 259 g/mol. The van der Waals surface area contributed by atoms with Crippen molar-refractivity contribution >= 4 is 28.0 Å². The van der Waals surface area contributed by atoms with Gasteiger partial charge in [-0.3, -0.25) is 0 Å². The van der Waals surface area contributed by atoms with Gasteiger partial charge in [-0.1, -0.05) is 22.0 Å². The lowest BCUT2D eigenvalue weighted by Crippen LogP contribution is -2.00. The second-order valence-electron chi connectivity index (χ2n) is 2.67. The highest BCUT2D eigenvalue weighted by Gasteiger charge is 2.13. The monoisotopic (exact) mass is 258 g/mol. The molecule has 0 aliphatic heterocycles. The molecule has 14 heavy (non-hydrogen) atoms. The van der Waals surface area contributed by atoms with Crippen LogP contribution in [0.15, 0.2) is 16.6 Å². The summed E-state index contributed by atoms with van der Waals surface area (Å²) >= 11 is 3.25. The first-order chi connectivity index (χ1) is 6.69. The van der Waals surface area contributed by atoms with Crippen molar-refractivity contribution in [1.29, 1.82) is 0 Å². The van der Waals surface area contributed by atoms with Gasteiger partial charge in [0.05, 0.1) is 7.11 Å². The second-order valence-corrected chi connectivity index (χ2v) is 3.31. The zero-order valence-corrected chi connectivity index (χ0v) is 9.63. The number of alkyl halides is 1. The smallest absolute Gasteiger partial charge is 0.341 e. The number of hydrogen-bond acceptors (Lipinski definition) is 3. The lowest BCUT2D eigenvalue weighted by atomic mass is 10.2. The Morgan fingerprint density at radius 2 is 2.43 bits per heavy atom. The van der Waals surface area contributed by atoms with Gasteiger partial charge in [0, 0.05) is 5.33 Å². The van der Waals surface area contributed by atoms with Gasteiger partial charge >= 0.3 is 5.97 Å². The lowest BCUT2D eigenvalue weighted by Gasteiger charge is -1.93. The molecule has 0 spiro atoms. The van der Waals surface area contributed by atoms with Crippen LogP contribution in [0.4, 0.5) is 0 Å². The minimum Gasteiger partial charge on any atom is -0.465 e. The number of esters is 1. The molecular weight excluding hydrogens is 248 g/mol. The third-order valence-electron chi connectivity index (χ3n) is 1.71. The fraction of sp³-hybridized carbons (Fsp3) is 0.300. The molecule has 0 aromatic carbocycles. The van der Waals surface area contributed by atoms with Crippen molar-refractivity contribution in [1.82, 2.24) is 0 Å².